The van der Waals surface area contributed by atoms with E-state index in [9.17, 15) is 8.42 Å². The molecule has 0 aromatic heterocycles. The summed E-state index contributed by atoms with van der Waals surface area (Å²) in [6.07, 6.45) is 2.61. The predicted octanol–water partition coefficient (Wildman–Crippen LogP) is 1.56. The molecule has 1 N–H and O–H groups in total. The van der Waals surface area contributed by atoms with Crippen LogP contribution >= 0.6 is 0 Å². The van der Waals surface area contributed by atoms with Crippen LogP contribution < -0.4 is 10.2 Å². The van der Waals surface area contributed by atoms with Crippen molar-refractivity contribution in [3.63, 3.8) is 0 Å². The molecule has 4 nitrogen and oxygen atoms in total. The summed E-state index contributed by atoms with van der Waals surface area (Å²) in [5.74, 6) is 0.528. The summed E-state index contributed by atoms with van der Waals surface area (Å²) >= 11 is 0. The predicted molar refractivity (Wildman–Crippen MR) is 81.8 cm³/mol. The Morgan fingerprint density at radius 1 is 1.25 bits per heavy atom. The number of hydrogen-bond donors (Lipinski definition) is 1. The smallest absolute Gasteiger partial charge is 0.154 e. The molecule has 1 aliphatic carbocycles. The van der Waals surface area contributed by atoms with Gasteiger partial charge in [-0.05, 0) is 37.5 Å². The fraction of sp³-hybridized carbons (Fsp3) is 0.600. The van der Waals surface area contributed by atoms with E-state index in [1.54, 1.807) is 0 Å². The molecule has 2 fully saturated rings. The molecule has 1 aliphatic heterocycles. The number of anilines is 1. The van der Waals surface area contributed by atoms with E-state index in [1.165, 1.54) is 18.4 Å². The maximum atomic E-state index is 11.6. The molecule has 0 bridgehead atoms. The Morgan fingerprint density at radius 3 is 2.55 bits per heavy atom. The van der Waals surface area contributed by atoms with Crippen molar-refractivity contribution in [1.82, 2.24) is 5.32 Å². The average Bonchev–Trinajstić information content (AvgIpc) is 3.20. The third-order valence-corrected chi connectivity index (χ3v) is 5.91. The zero-order valence-corrected chi connectivity index (χ0v) is 12.7. The van der Waals surface area contributed by atoms with Crippen LogP contribution in [0.5, 0.6) is 0 Å². The molecule has 0 radical (unpaired) electrons. The van der Waals surface area contributed by atoms with Gasteiger partial charge in [-0.3, -0.25) is 0 Å². The molecule has 1 saturated heterocycles. The lowest BCUT2D eigenvalue weighted by Gasteiger charge is -2.35. The molecule has 110 valence electrons. The van der Waals surface area contributed by atoms with Crippen molar-refractivity contribution < 1.29 is 8.42 Å². The minimum atomic E-state index is -2.84. The summed E-state index contributed by atoms with van der Waals surface area (Å²) in [5.41, 5.74) is 2.42. The quantitative estimate of drug-likeness (QED) is 0.915. The number of hydrogen-bond acceptors (Lipinski definition) is 4. The van der Waals surface area contributed by atoms with Crippen LogP contribution in [-0.4, -0.2) is 38.6 Å². The van der Waals surface area contributed by atoms with Crippen molar-refractivity contribution in [3.8, 4) is 0 Å². The first kappa shape index (κ1) is 13.9. The highest BCUT2D eigenvalue weighted by atomic mass is 32.2. The minimum absolute atomic E-state index is 0.0594. The van der Waals surface area contributed by atoms with Crippen molar-refractivity contribution in [3.05, 3.63) is 29.8 Å². The molecule has 3 rings (SSSR count). The Kier molecular flexibility index (Phi) is 3.73. The van der Waals surface area contributed by atoms with Gasteiger partial charge in [0.05, 0.1) is 11.5 Å². The summed E-state index contributed by atoms with van der Waals surface area (Å²) in [4.78, 5) is 2.19. The molecule has 1 heterocycles. The van der Waals surface area contributed by atoms with Crippen molar-refractivity contribution in [2.75, 3.05) is 23.0 Å². The van der Waals surface area contributed by atoms with E-state index in [1.807, 2.05) is 6.92 Å². The maximum absolute atomic E-state index is 11.6. The molecule has 2 aliphatic rings. The van der Waals surface area contributed by atoms with Gasteiger partial charge in [0.25, 0.3) is 0 Å². The van der Waals surface area contributed by atoms with Gasteiger partial charge in [0, 0.05) is 30.9 Å². The third kappa shape index (κ3) is 3.33. The lowest BCUT2D eigenvalue weighted by atomic mass is 10.1. The van der Waals surface area contributed by atoms with Crippen LogP contribution in [-0.2, 0) is 16.4 Å². The first-order chi connectivity index (χ1) is 9.53. The van der Waals surface area contributed by atoms with Gasteiger partial charge >= 0.3 is 0 Å². The van der Waals surface area contributed by atoms with E-state index in [-0.39, 0.29) is 17.5 Å². The second-order valence-corrected chi connectivity index (χ2v) is 8.21. The molecule has 20 heavy (non-hydrogen) atoms. The summed E-state index contributed by atoms with van der Waals surface area (Å²) in [7, 11) is -2.84. The number of nitrogens with zero attached hydrogens (tertiary/aromatic N) is 1. The van der Waals surface area contributed by atoms with Gasteiger partial charge in [0.2, 0.25) is 0 Å². The molecular formula is C15H22N2O2S. The third-order valence-electron chi connectivity index (χ3n) is 4.11. The second-order valence-electron chi connectivity index (χ2n) is 5.98. The van der Waals surface area contributed by atoms with Gasteiger partial charge in [-0.25, -0.2) is 8.42 Å². The highest BCUT2D eigenvalue weighted by Crippen LogP contribution is 2.23. The first-order valence-electron chi connectivity index (χ1n) is 7.33. The Labute approximate surface area is 121 Å². The Hall–Kier alpha value is -1.07. The zero-order valence-electron chi connectivity index (χ0n) is 11.9. The number of benzene rings is 1. The Bertz CT molecular complexity index is 564. The van der Waals surface area contributed by atoms with Gasteiger partial charge in [0.15, 0.2) is 9.84 Å². The lowest BCUT2D eigenvalue weighted by molar-refractivity contribution is 0.568. The molecule has 0 amide bonds. The van der Waals surface area contributed by atoms with E-state index >= 15 is 0 Å². The highest BCUT2D eigenvalue weighted by Gasteiger charge is 2.28. The number of sulfone groups is 1. The summed E-state index contributed by atoms with van der Waals surface area (Å²) in [5, 5.41) is 3.50. The summed E-state index contributed by atoms with van der Waals surface area (Å²) in [6.45, 7) is 3.51. The van der Waals surface area contributed by atoms with Crippen LogP contribution in [0.3, 0.4) is 0 Å². The van der Waals surface area contributed by atoms with Crippen LogP contribution in [0.4, 0.5) is 5.69 Å². The average molecular weight is 294 g/mol. The fourth-order valence-corrected chi connectivity index (χ4v) is 4.29. The van der Waals surface area contributed by atoms with Gasteiger partial charge in [-0.15, -0.1) is 0 Å². The molecule has 1 atom stereocenters. The Balaban J connectivity index is 1.64. The van der Waals surface area contributed by atoms with Gasteiger partial charge in [-0.2, -0.15) is 0 Å². The van der Waals surface area contributed by atoms with E-state index < -0.39 is 9.84 Å². The molecule has 1 saturated carbocycles. The Morgan fingerprint density at radius 2 is 1.95 bits per heavy atom. The molecular weight excluding hydrogens is 272 g/mol. The van der Waals surface area contributed by atoms with Crippen LogP contribution in [0.1, 0.15) is 25.3 Å². The van der Waals surface area contributed by atoms with E-state index in [0.717, 1.165) is 18.3 Å². The van der Waals surface area contributed by atoms with Crippen molar-refractivity contribution >= 4 is 15.5 Å². The lowest BCUT2D eigenvalue weighted by Crippen LogP contribution is -2.47. The van der Waals surface area contributed by atoms with Crippen LogP contribution in [0.25, 0.3) is 0 Å². The monoisotopic (exact) mass is 294 g/mol. The first-order valence-corrected chi connectivity index (χ1v) is 9.15. The van der Waals surface area contributed by atoms with Crippen molar-refractivity contribution in [2.45, 2.75) is 38.4 Å². The van der Waals surface area contributed by atoms with Crippen molar-refractivity contribution in [1.29, 1.82) is 0 Å². The van der Waals surface area contributed by atoms with Crippen molar-refractivity contribution in [2.24, 2.45) is 0 Å². The molecule has 1 aromatic rings. The minimum Gasteiger partial charge on any atom is -0.367 e. The largest absolute Gasteiger partial charge is 0.367 e. The maximum Gasteiger partial charge on any atom is 0.154 e. The van der Waals surface area contributed by atoms with Crippen LogP contribution in [0, 0.1) is 0 Å². The zero-order chi connectivity index (χ0) is 14.2. The molecule has 5 heteroatoms. The SMILES string of the molecule is CC1CS(=O)(=O)CCN1c1ccc(CNC2CC2)cc1. The highest BCUT2D eigenvalue weighted by molar-refractivity contribution is 7.91. The van der Waals surface area contributed by atoms with Gasteiger partial charge < -0.3 is 10.2 Å². The summed E-state index contributed by atoms with van der Waals surface area (Å²) in [6, 6.07) is 9.28. The van der Waals surface area contributed by atoms with Gasteiger partial charge in [-0.1, -0.05) is 12.1 Å². The normalized spacial score (nSPS) is 25.6. The number of rotatable bonds is 4. The van der Waals surface area contributed by atoms with E-state index in [2.05, 4.69) is 34.5 Å². The standard InChI is InChI=1S/C15H22N2O2S/c1-12-11-20(18,19)9-8-17(12)15-6-2-13(3-7-15)10-16-14-4-5-14/h2-3,6-7,12,14,16H,4-5,8-11H2,1H3. The number of nitrogens with one attached hydrogen (secondary N) is 1. The van der Waals surface area contributed by atoms with E-state index in [0.29, 0.717) is 6.54 Å². The molecule has 0 spiro atoms. The molecule has 1 aromatic carbocycles. The molecule has 1 unspecified atom stereocenters. The summed E-state index contributed by atoms with van der Waals surface area (Å²) < 4.78 is 23.2. The van der Waals surface area contributed by atoms with E-state index in [4.69, 9.17) is 0 Å². The topological polar surface area (TPSA) is 49.4 Å². The second kappa shape index (κ2) is 5.37. The fourth-order valence-electron chi connectivity index (χ4n) is 2.74. The van der Waals surface area contributed by atoms with Crippen LogP contribution in [0.15, 0.2) is 24.3 Å². The van der Waals surface area contributed by atoms with Crippen LogP contribution in [0.2, 0.25) is 0 Å². The van der Waals surface area contributed by atoms with Gasteiger partial charge in [0.1, 0.15) is 0 Å².